The SMILES string of the molecule is CCOC(=O)c1ccc(C=O)cc1F. The van der Waals surface area contributed by atoms with Crippen molar-refractivity contribution in [2.75, 3.05) is 6.61 Å². The van der Waals surface area contributed by atoms with Crippen molar-refractivity contribution in [2.24, 2.45) is 0 Å². The number of hydrogen-bond acceptors (Lipinski definition) is 3. The maximum Gasteiger partial charge on any atom is 0.341 e. The summed E-state index contributed by atoms with van der Waals surface area (Å²) in [4.78, 5) is 21.4. The first-order chi connectivity index (χ1) is 6.69. The van der Waals surface area contributed by atoms with Crippen LogP contribution in [0.3, 0.4) is 0 Å². The van der Waals surface area contributed by atoms with Crippen LogP contribution in [0, 0.1) is 5.82 Å². The molecule has 0 bridgehead atoms. The Labute approximate surface area is 80.5 Å². The summed E-state index contributed by atoms with van der Waals surface area (Å²) in [5.41, 5.74) is 0.0352. The van der Waals surface area contributed by atoms with Crippen LogP contribution in [0.1, 0.15) is 27.6 Å². The first kappa shape index (κ1) is 10.4. The Morgan fingerprint density at radius 3 is 2.79 bits per heavy atom. The van der Waals surface area contributed by atoms with Crippen LogP contribution >= 0.6 is 0 Å². The molecular formula is C10H9FO3. The molecule has 0 spiro atoms. The molecular weight excluding hydrogens is 187 g/mol. The highest BCUT2D eigenvalue weighted by atomic mass is 19.1. The van der Waals surface area contributed by atoms with Gasteiger partial charge in [-0.1, -0.05) is 6.07 Å². The summed E-state index contributed by atoms with van der Waals surface area (Å²) in [6.45, 7) is 1.82. The third-order valence-corrected chi connectivity index (χ3v) is 1.62. The van der Waals surface area contributed by atoms with Crippen molar-refractivity contribution in [1.29, 1.82) is 0 Å². The number of benzene rings is 1. The molecule has 0 aliphatic rings. The largest absolute Gasteiger partial charge is 0.462 e. The Kier molecular flexibility index (Phi) is 3.34. The van der Waals surface area contributed by atoms with Crippen molar-refractivity contribution in [3.8, 4) is 0 Å². The van der Waals surface area contributed by atoms with Gasteiger partial charge in [-0.25, -0.2) is 9.18 Å². The number of carbonyl (C=O) groups excluding carboxylic acids is 2. The summed E-state index contributed by atoms with van der Waals surface area (Å²) in [5, 5.41) is 0. The van der Waals surface area contributed by atoms with Crippen molar-refractivity contribution in [3.05, 3.63) is 35.1 Å². The van der Waals surface area contributed by atoms with Gasteiger partial charge in [0.2, 0.25) is 0 Å². The van der Waals surface area contributed by atoms with Crippen molar-refractivity contribution >= 4 is 12.3 Å². The van der Waals surface area contributed by atoms with E-state index in [2.05, 4.69) is 4.74 Å². The third kappa shape index (κ3) is 2.16. The monoisotopic (exact) mass is 196 g/mol. The fraction of sp³-hybridized carbons (Fsp3) is 0.200. The van der Waals surface area contributed by atoms with Gasteiger partial charge in [0, 0.05) is 5.56 Å². The zero-order valence-electron chi connectivity index (χ0n) is 7.62. The van der Waals surface area contributed by atoms with Crippen LogP contribution in [-0.2, 0) is 4.74 Å². The van der Waals surface area contributed by atoms with Crippen LogP contribution in [0.2, 0.25) is 0 Å². The highest BCUT2D eigenvalue weighted by Gasteiger charge is 2.12. The van der Waals surface area contributed by atoms with E-state index in [0.29, 0.717) is 6.29 Å². The van der Waals surface area contributed by atoms with E-state index in [-0.39, 0.29) is 17.7 Å². The van der Waals surface area contributed by atoms with Gasteiger partial charge in [-0.3, -0.25) is 4.79 Å². The van der Waals surface area contributed by atoms with Crippen LogP contribution in [0.15, 0.2) is 18.2 Å². The summed E-state index contributed by atoms with van der Waals surface area (Å²) in [7, 11) is 0. The van der Waals surface area contributed by atoms with E-state index in [0.717, 1.165) is 6.07 Å². The van der Waals surface area contributed by atoms with Crippen molar-refractivity contribution in [2.45, 2.75) is 6.92 Å². The van der Waals surface area contributed by atoms with Gasteiger partial charge in [0.15, 0.2) is 0 Å². The number of esters is 1. The van der Waals surface area contributed by atoms with Crippen LogP contribution in [0.25, 0.3) is 0 Å². The molecule has 1 aromatic rings. The van der Waals surface area contributed by atoms with Gasteiger partial charge in [-0.2, -0.15) is 0 Å². The molecule has 14 heavy (non-hydrogen) atoms. The molecule has 0 radical (unpaired) electrons. The zero-order chi connectivity index (χ0) is 10.6. The molecule has 0 amide bonds. The summed E-state index contributed by atoms with van der Waals surface area (Å²) in [6, 6.07) is 3.60. The average molecular weight is 196 g/mol. The lowest BCUT2D eigenvalue weighted by Crippen LogP contribution is -2.07. The van der Waals surface area contributed by atoms with E-state index in [1.54, 1.807) is 6.92 Å². The smallest absolute Gasteiger partial charge is 0.341 e. The van der Waals surface area contributed by atoms with Gasteiger partial charge in [-0.05, 0) is 19.1 Å². The Bertz CT molecular complexity index is 360. The minimum atomic E-state index is -0.743. The summed E-state index contributed by atoms with van der Waals surface area (Å²) in [6.07, 6.45) is 0.512. The second-order valence-corrected chi connectivity index (χ2v) is 2.58. The molecule has 0 N–H and O–H groups in total. The van der Waals surface area contributed by atoms with Crippen LogP contribution in [-0.4, -0.2) is 18.9 Å². The van der Waals surface area contributed by atoms with Crippen LogP contribution in [0.4, 0.5) is 4.39 Å². The van der Waals surface area contributed by atoms with E-state index in [1.807, 2.05) is 0 Å². The summed E-state index contributed by atoms with van der Waals surface area (Å²) >= 11 is 0. The number of halogens is 1. The van der Waals surface area contributed by atoms with E-state index >= 15 is 0 Å². The number of rotatable bonds is 3. The Balaban J connectivity index is 2.99. The van der Waals surface area contributed by atoms with Gasteiger partial charge >= 0.3 is 5.97 Å². The quantitative estimate of drug-likeness (QED) is 0.547. The van der Waals surface area contributed by atoms with Crippen molar-refractivity contribution in [3.63, 3.8) is 0 Å². The van der Waals surface area contributed by atoms with Crippen LogP contribution < -0.4 is 0 Å². The molecule has 0 heterocycles. The van der Waals surface area contributed by atoms with Gasteiger partial charge in [-0.15, -0.1) is 0 Å². The molecule has 0 unspecified atom stereocenters. The minimum Gasteiger partial charge on any atom is -0.462 e. The number of aldehydes is 1. The molecule has 74 valence electrons. The van der Waals surface area contributed by atoms with E-state index < -0.39 is 11.8 Å². The van der Waals surface area contributed by atoms with Gasteiger partial charge < -0.3 is 4.74 Å². The lowest BCUT2D eigenvalue weighted by molar-refractivity contribution is 0.0521. The summed E-state index contributed by atoms with van der Waals surface area (Å²) < 4.78 is 17.8. The normalized spacial score (nSPS) is 9.57. The minimum absolute atomic E-state index is 0.155. The number of hydrogen-bond donors (Lipinski definition) is 0. The Hall–Kier alpha value is -1.71. The van der Waals surface area contributed by atoms with E-state index in [1.165, 1.54) is 12.1 Å². The first-order valence-corrected chi connectivity index (χ1v) is 4.11. The second kappa shape index (κ2) is 4.50. The molecule has 0 aliphatic carbocycles. The molecule has 0 aliphatic heterocycles. The topological polar surface area (TPSA) is 43.4 Å². The van der Waals surface area contributed by atoms with E-state index in [9.17, 15) is 14.0 Å². The Morgan fingerprint density at radius 2 is 2.29 bits per heavy atom. The highest BCUT2D eigenvalue weighted by molar-refractivity contribution is 5.90. The third-order valence-electron chi connectivity index (χ3n) is 1.62. The standard InChI is InChI=1S/C10H9FO3/c1-2-14-10(13)8-4-3-7(6-12)5-9(8)11/h3-6H,2H2,1H3. The van der Waals surface area contributed by atoms with Crippen LogP contribution in [0.5, 0.6) is 0 Å². The molecule has 0 saturated heterocycles. The Morgan fingerprint density at radius 1 is 1.57 bits per heavy atom. The zero-order valence-corrected chi connectivity index (χ0v) is 7.62. The number of ether oxygens (including phenoxy) is 1. The maximum atomic E-state index is 13.2. The maximum absolute atomic E-state index is 13.2. The van der Waals surface area contributed by atoms with Crippen molar-refractivity contribution < 1.29 is 18.7 Å². The molecule has 4 heteroatoms. The first-order valence-electron chi connectivity index (χ1n) is 4.11. The average Bonchev–Trinajstić information content (AvgIpc) is 2.17. The molecule has 1 aromatic carbocycles. The van der Waals surface area contributed by atoms with Gasteiger partial charge in [0.05, 0.1) is 12.2 Å². The molecule has 0 atom stereocenters. The summed E-state index contributed by atoms with van der Waals surface area (Å²) in [5.74, 6) is -1.46. The fourth-order valence-electron chi connectivity index (χ4n) is 0.979. The van der Waals surface area contributed by atoms with E-state index in [4.69, 9.17) is 0 Å². The highest BCUT2D eigenvalue weighted by Crippen LogP contribution is 2.10. The lowest BCUT2D eigenvalue weighted by Gasteiger charge is -2.02. The molecule has 1 rings (SSSR count). The fourth-order valence-corrected chi connectivity index (χ4v) is 0.979. The molecule has 0 aromatic heterocycles. The lowest BCUT2D eigenvalue weighted by atomic mass is 10.1. The van der Waals surface area contributed by atoms with Crippen molar-refractivity contribution in [1.82, 2.24) is 0 Å². The predicted molar refractivity (Wildman–Crippen MR) is 47.7 cm³/mol. The number of carbonyl (C=O) groups is 2. The van der Waals surface area contributed by atoms with Gasteiger partial charge in [0.1, 0.15) is 12.1 Å². The molecule has 0 saturated carbocycles. The molecule has 0 fully saturated rings. The second-order valence-electron chi connectivity index (χ2n) is 2.58. The molecule has 3 nitrogen and oxygen atoms in total. The predicted octanol–water partition coefficient (Wildman–Crippen LogP) is 1.81. The van der Waals surface area contributed by atoms with Gasteiger partial charge in [0.25, 0.3) is 0 Å².